The van der Waals surface area contributed by atoms with E-state index in [2.05, 4.69) is 10.3 Å². The van der Waals surface area contributed by atoms with E-state index >= 15 is 0 Å². The van der Waals surface area contributed by atoms with Gasteiger partial charge in [0.15, 0.2) is 0 Å². The fourth-order valence-corrected chi connectivity index (χ4v) is 3.17. The molecule has 0 spiro atoms. The monoisotopic (exact) mass is 368 g/mol. The number of amides is 1. The summed E-state index contributed by atoms with van der Waals surface area (Å²) >= 11 is 6.37. The summed E-state index contributed by atoms with van der Waals surface area (Å²) in [5, 5.41) is 3.21. The predicted octanol–water partition coefficient (Wildman–Crippen LogP) is 4.73. The van der Waals surface area contributed by atoms with Crippen LogP contribution in [0.15, 0.2) is 54.7 Å². The molecule has 4 nitrogen and oxygen atoms in total. The van der Waals surface area contributed by atoms with Crippen molar-refractivity contribution in [1.29, 1.82) is 0 Å². The Bertz CT molecular complexity index is 990. The molecule has 1 N–H and O–H groups in total. The second kappa shape index (κ2) is 6.77. The lowest BCUT2D eigenvalue weighted by atomic mass is 10.0. The van der Waals surface area contributed by atoms with E-state index in [4.69, 9.17) is 16.3 Å². The van der Waals surface area contributed by atoms with E-state index in [1.165, 1.54) is 18.2 Å². The molecule has 1 amide bonds. The molecular weight excluding hydrogens is 355 g/mol. The van der Waals surface area contributed by atoms with Crippen LogP contribution < -0.4 is 10.1 Å². The van der Waals surface area contributed by atoms with Gasteiger partial charge in [-0.15, -0.1) is 0 Å². The highest BCUT2D eigenvalue weighted by Crippen LogP contribution is 2.36. The number of fused-ring (bicyclic) bond motifs is 1. The molecule has 0 radical (unpaired) electrons. The largest absolute Gasteiger partial charge is 0.493 e. The Morgan fingerprint density at radius 2 is 2.04 bits per heavy atom. The van der Waals surface area contributed by atoms with Crippen LogP contribution in [-0.2, 0) is 6.42 Å². The Balaban J connectivity index is 1.56. The van der Waals surface area contributed by atoms with Gasteiger partial charge < -0.3 is 10.1 Å². The normalized spacial score (nSPS) is 12.4. The Morgan fingerprint density at radius 1 is 1.19 bits per heavy atom. The van der Waals surface area contributed by atoms with Gasteiger partial charge in [-0.25, -0.2) is 9.37 Å². The van der Waals surface area contributed by atoms with Crippen LogP contribution in [0.2, 0.25) is 5.02 Å². The highest BCUT2D eigenvalue weighted by molar-refractivity contribution is 6.33. The minimum Gasteiger partial charge on any atom is -0.493 e. The number of halogens is 2. The van der Waals surface area contributed by atoms with Gasteiger partial charge in [0.05, 0.1) is 12.2 Å². The molecule has 2 heterocycles. The zero-order chi connectivity index (χ0) is 18.1. The lowest BCUT2D eigenvalue weighted by molar-refractivity contribution is 0.102. The van der Waals surface area contributed by atoms with Gasteiger partial charge in [0.1, 0.15) is 17.4 Å². The van der Waals surface area contributed by atoms with Gasteiger partial charge in [-0.2, -0.15) is 0 Å². The Kier molecular flexibility index (Phi) is 4.31. The summed E-state index contributed by atoms with van der Waals surface area (Å²) in [6, 6.07) is 13.1. The number of aromatic nitrogens is 1. The molecule has 4 rings (SSSR count). The first-order valence-corrected chi connectivity index (χ1v) is 8.47. The van der Waals surface area contributed by atoms with Crippen molar-refractivity contribution < 1.29 is 13.9 Å². The first-order chi connectivity index (χ1) is 12.6. The number of anilines is 1. The van der Waals surface area contributed by atoms with Gasteiger partial charge >= 0.3 is 0 Å². The van der Waals surface area contributed by atoms with Gasteiger partial charge in [-0.3, -0.25) is 4.79 Å². The molecule has 0 atom stereocenters. The van der Waals surface area contributed by atoms with Crippen LogP contribution in [0.5, 0.6) is 5.75 Å². The van der Waals surface area contributed by atoms with Crippen molar-refractivity contribution in [2.24, 2.45) is 0 Å². The van der Waals surface area contributed by atoms with Crippen molar-refractivity contribution in [3.63, 3.8) is 0 Å². The van der Waals surface area contributed by atoms with E-state index in [1.807, 2.05) is 12.1 Å². The lowest BCUT2D eigenvalue weighted by Gasteiger charge is -2.09. The fourth-order valence-electron chi connectivity index (χ4n) is 2.87. The molecule has 6 heteroatoms. The van der Waals surface area contributed by atoms with Crippen molar-refractivity contribution in [3.05, 3.63) is 76.7 Å². The number of ether oxygens (including phenoxy) is 1. The highest BCUT2D eigenvalue weighted by atomic mass is 35.5. The molecule has 0 aliphatic carbocycles. The van der Waals surface area contributed by atoms with Gasteiger partial charge in [-0.1, -0.05) is 23.7 Å². The Labute approximate surface area is 154 Å². The van der Waals surface area contributed by atoms with Gasteiger partial charge in [-0.05, 0) is 42.0 Å². The maximum atomic E-state index is 13.7. The van der Waals surface area contributed by atoms with Gasteiger partial charge in [0, 0.05) is 28.8 Å². The third kappa shape index (κ3) is 3.13. The van der Waals surface area contributed by atoms with Crippen molar-refractivity contribution in [2.75, 3.05) is 11.9 Å². The summed E-state index contributed by atoms with van der Waals surface area (Å²) in [5.74, 6) is 0.0377. The maximum Gasteiger partial charge on any atom is 0.259 e. The molecule has 130 valence electrons. The lowest BCUT2D eigenvalue weighted by Crippen LogP contribution is -2.14. The second-order valence-electron chi connectivity index (χ2n) is 5.90. The van der Waals surface area contributed by atoms with Crippen LogP contribution in [0.25, 0.3) is 11.1 Å². The van der Waals surface area contributed by atoms with E-state index in [0.717, 1.165) is 28.9 Å². The number of nitrogens with one attached hydrogen (secondary N) is 1. The first-order valence-electron chi connectivity index (χ1n) is 8.09. The summed E-state index contributed by atoms with van der Waals surface area (Å²) in [6.07, 6.45) is 2.47. The van der Waals surface area contributed by atoms with Gasteiger partial charge in [0.2, 0.25) is 0 Å². The van der Waals surface area contributed by atoms with E-state index < -0.39 is 11.7 Å². The van der Waals surface area contributed by atoms with Gasteiger partial charge in [0.25, 0.3) is 5.91 Å². The number of carbonyl (C=O) groups excluding carboxylic acids is 1. The number of carbonyl (C=O) groups is 1. The van der Waals surface area contributed by atoms with Crippen molar-refractivity contribution in [3.8, 4) is 16.9 Å². The summed E-state index contributed by atoms with van der Waals surface area (Å²) in [7, 11) is 0. The van der Waals surface area contributed by atoms with Crippen LogP contribution in [0.1, 0.15) is 15.9 Å². The smallest absolute Gasteiger partial charge is 0.259 e. The average Bonchev–Trinajstić information content (AvgIpc) is 3.09. The molecule has 0 saturated carbocycles. The SMILES string of the molecule is O=C(Nc1ccc(-c2cc3c(cc2Cl)CCO3)cn1)c1ccccc1F. The number of rotatable bonds is 3. The first kappa shape index (κ1) is 16.5. The van der Waals surface area contributed by atoms with E-state index in [0.29, 0.717) is 17.4 Å². The molecule has 1 aliphatic rings. The number of pyridine rings is 1. The molecule has 0 bridgehead atoms. The molecular formula is C20H14ClFN2O2. The van der Waals surface area contributed by atoms with E-state index in [-0.39, 0.29) is 5.56 Å². The molecule has 0 unspecified atom stereocenters. The Hall–Kier alpha value is -2.92. The predicted molar refractivity (Wildman–Crippen MR) is 98.2 cm³/mol. The van der Waals surface area contributed by atoms with Crippen molar-refractivity contribution >= 4 is 23.3 Å². The molecule has 26 heavy (non-hydrogen) atoms. The molecule has 0 saturated heterocycles. The molecule has 2 aromatic carbocycles. The highest BCUT2D eigenvalue weighted by Gasteiger charge is 2.17. The number of benzene rings is 2. The van der Waals surface area contributed by atoms with Crippen LogP contribution in [0, 0.1) is 5.82 Å². The van der Waals surface area contributed by atoms with E-state index in [1.54, 1.807) is 24.4 Å². The topological polar surface area (TPSA) is 51.2 Å². The molecule has 1 aromatic heterocycles. The molecule has 3 aromatic rings. The average molecular weight is 369 g/mol. The van der Waals surface area contributed by atoms with Crippen LogP contribution >= 0.6 is 11.6 Å². The van der Waals surface area contributed by atoms with Crippen LogP contribution in [0.4, 0.5) is 10.2 Å². The summed E-state index contributed by atoms with van der Waals surface area (Å²) in [6.45, 7) is 0.661. The second-order valence-corrected chi connectivity index (χ2v) is 6.31. The van der Waals surface area contributed by atoms with E-state index in [9.17, 15) is 9.18 Å². The van der Waals surface area contributed by atoms with Crippen molar-refractivity contribution in [1.82, 2.24) is 4.98 Å². The minimum absolute atomic E-state index is 0.0304. The van der Waals surface area contributed by atoms with Crippen LogP contribution in [-0.4, -0.2) is 17.5 Å². The number of hydrogen-bond donors (Lipinski definition) is 1. The summed E-state index contributed by atoms with van der Waals surface area (Å²) in [5.41, 5.74) is 2.68. The van der Waals surface area contributed by atoms with Crippen LogP contribution in [0.3, 0.4) is 0 Å². The molecule has 0 fully saturated rings. The Morgan fingerprint density at radius 3 is 2.81 bits per heavy atom. The minimum atomic E-state index is -0.577. The third-order valence-corrected chi connectivity index (χ3v) is 4.53. The summed E-state index contributed by atoms with van der Waals surface area (Å²) < 4.78 is 19.3. The fraction of sp³-hybridized carbons (Fsp3) is 0.100. The molecule has 1 aliphatic heterocycles. The summed E-state index contributed by atoms with van der Waals surface area (Å²) in [4.78, 5) is 16.4. The zero-order valence-electron chi connectivity index (χ0n) is 13.6. The quantitative estimate of drug-likeness (QED) is 0.727. The third-order valence-electron chi connectivity index (χ3n) is 4.21. The van der Waals surface area contributed by atoms with Crippen molar-refractivity contribution in [2.45, 2.75) is 6.42 Å². The maximum absolute atomic E-state index is 13.7. The standard InChI is InChI=1S/C20H14ClFN2O2/c21-16-9-12-7-8-26-18(12)10-15(16)13-5-6-19(23-11-13)24-20(25)14-3-1-2-4-17(14)22/h1-6,9-11H,7-8H2,(H,23,24,25). The number of nitrogens with zero attached hydrogens (tertiary/aromatic N) is 1. The zero-order valence-corrected chi connectivity index (χ0v) is 14.4. The number of hydrogen-bond acceptors (Lipinski definition) is 3.